The molecule has 1 aliphatic carbocycles. The monoisotopic (exact) mass is 464 g/mol. The Bertz CT molecular complexity index is 811. The summed E-state index contributed by atoms with van der Waals surface area (Å²) in [7, 11) is 0. The molecule has 6 atom stereocenters. The minimum Gasteiger partial charge on any atom is -0.479 e. The first-order chi connectivity index (χ1) is 13.8. The van der Waals surface area contributed by atoms with E-state index in [-0.39, 0.29) is 5.92 Å². The lowest BCUT2D eigenvalue weighted by Crippen LogP contribution is -2.61. The molecule has 3 rings (SSSR count). The van der Waals surface area contributed by atoms with Crippen LogP contribution in [0.5, 0.6) is 5.75 Å². The average Bonchev–Trinajstić information content (AvgIpc) is 3.30. The van der Waals surface area contributed by atoms with Crippen molar-refractivity contribution in [3.8, 4) is 5.75 Å². The maximum atomic E-state index is 12.6. The van der Waals surface area contributed by atoms with Crippen molar-refractivity contribution in [2.24, 2.45) is 0 Å². The Balaban J connectivity index is 1.64. The van der Waals surface area contributed by atoms with Crippen molar-refractivity contribution in [3.05, 3.63) is 29.8 Å². The summed E-state index contributed by atoms with van der Waals surface area (Å²) in [6.07, 6.45) is -8.65. The maximum absolute atomic E-state index is 12.6. The summed E-state index contributed by atoms with van der Waals surface area (Å²) >= 11 is 12.1. The molecule has 0 amide bonds. The number of rotatable bonds is 6. The Labute approximate surface area is 182 Å². The van der Waals surface area contributed by atoms with Gasteiger partial charge < -0.3 is 34.6 Å². The molecule has 1 aliphatic heterocycles. The molecule has 9 nitrogen and oxygen atoms in total. The molecule has 1 aromatic carbocycles. The van der Waals surface area contributed by atoms with E-state index in [4.69, 9.17) is 42.5 Å². The summed E-state index contributed by atoms with van der Waals surface area (Å²) in [5, 5.41) is 38.5. The molecule has 4 N–H and O–H groups in total. The van der Waals surface area contributed by atoms with Crippen LogP contribution in [0.15, 0.2) is 24.3 Å². The fraction of sp³-hybridized carbons (Fsp3) is 0.579. The zero-order chi connectivity index (χ0) is 22.4. The third-order valence-corrected chi connectivity index (χ3v) is 5.84. The van der Waals surface area contributed by atoms with Crippen LogP contribution in [-0.4, -0.2) is 73.0 Å². The van der Waals surface area contributed by atoms with Gasteiger partial charge in [-0.15, -0.1) is 23.2 Å². The predicted molar refractivity (Wildman–Crippen MR) is 103 cm³/mol. The number of carbonyl (C=O) groups is 2. The Morgan fingerprint density at radius 3 is 2.17 bits per heavy atom. The predicted octanol–water partition coefficient (Wildman–Crippen LogP) is 0.941. The number of hydrogen-bond acceptors (Lipinski definition) is 8. The SMILES string of the molecule is CC(C)(Oc1ccc(C2CC2(Cl)Cl)cc1)C(=O)O[C@@H]1O[C@H](C(=O)O)[C@@H](O)[C@H](O)[C@H]1O. The lowest BCUT2D eigenvalue weighted by atomic mass is 9.99. The first-order valence-corrected chi connectivity index (χ1v) is 9.89. The van der Waals surface area contributed by atoms with E-state index >= 15 is 0 Å². The van der Waals surface area contributed by atoms with Gasteiger partial charge in [0.2, 0.25) is 6.29 Å². The van der Waals surface area contributed by atoms with Gasteiger partial charge in [0.15, 0.2) is 11.7 Å². The number of benzene rings is 1. The van der Waals surface area contributed by atoms with Gasteiger partial charge in [-0.05, 0) is 38.0 Å². The fourth-order valence-corrected chi connectivity index (χ4v) is 3.64. The van der Waals surface area contributed by atoms with Crippen molar-refractivity contribution < 1.29 is 44.2 Å². The lowest BCUT2D eigenvalue weighted by molar-refractivity contribution is -0.289. The second-order valence-electron chi connectivity index (χ2n) is 7.84. The van der Waals surface area contributed by atoms with Crippen LogP contribution in [0, 0.1) is 0 Å². The van der Waals surface area contributed by atoms with Gasteiger partial charge in [0, 0.05) is 5.92 Å². The van der Waals surface area contributed by atoms with Gasteiger partial charge in [0.1, 0.15) is 28.4 Å². The smallest absolute Gasteiger partial charge is 0.352 e. The summed E-state index contributed by atoms with van der Waals surface area (Å²) < 4.78 is 14.9. The summed E-state index contributed by atoms with van der Waals surface area (Å²) in [4.78, 5) is 23.7. The van der Waals surface area contributed by atoms with E-state index in [1.165, 1.54) is 13.8 Å². The van der Waals surface area contributed by atoms with Crippen LogP contribution in [0.3, 0.4) is 0 Å². The Hall–Kier alpha value is -1.62. The van der Waals surface area contributed by atoms with E-state index in [1.807, 2.05) is 0 Å². The van der Waals surface area contributed by atoms with Crippen LogP contribution in [0.25, 0.3) is 0 Å². The topological polar surface area (TPSA) is 143 Å². The minimum atomic E-state index is -1.89. The second-order valence-corrected chi connectivity index (χ2v) is 9.38. The maximum Gasteiger partial charge on any atom is 0.352 e. The third kappa shape index (κ3) is 4.66. The van der Waals surface area contributed by atoms with E-state index in [2.05, 4.69) is 0 Å². The number of aliphatic hydroxyl groups is 3. The molecular formula is C19H22Cl2O9. The first-order valence-electron chi connectivity index (χ1n) is 9.14. The van der Waals surface area contributed by atoms with Gasteiger partial charge >= 0.3 is 11.9 Å². The molecule has 2 aliphatic rings. The van der Waals surface area contributed by atoms with E-state index < -0.39 is 52.6 Å². The largest absolute Gasteiger partial charge is 0.479 e. The molecule has 1 unspecified atom stereocenters. The van der Waals surface area contributed by atoms with Crippen LogP contribution < -0.4 is 4.74 Å². The molecule has 1 saturated carbocycles. The first kappa shape index (κ1) is 23.1. The number of halogens is 2. The number of carboxylic acid groups (broad SMARTS) is 1. The molecular weight excluding hydrogens is 443 g/mol. The molecule has 0 aromatic heterocycles. The van der Waals surface area contributed by atoms with E-state index in [0.717, 1.165) is 5.56 Å². The van der Waals surface area contributed by atoms with Crippen LogP contribution in [0.2, 0.25) is 0 Å². The zero-order valence-electron chi connectivity index (χ0n) is 16.1. The highest BCUT2D eigenvalue weighted by molar-refractivity contribution is 6.51. The molecule has 30 heavy (non-hydrogen) atoms. The van der Waals surface area contributed by atoms with Crippen molar-refractivity contribution in [2.75, 3.05) is 0 Å². The van der Waals surface area contributed by atoms with Gasteiger partial charge in [-0.3, -0.25) is 0 Å². The van der Waals surface area contributed by atoms with Crippen molar-refractivity contribution in [2.45, 2.75) is 66.8 Å². The standard InChI is InChI=1S/C19H22Cl2O9/c1-18(2,30-9-5-3-8(4-6-9)10-7-19(10,20)21)17(27)29-16-13(24)11(22)12(23)14(28-16)15(25)26/h3-6,10-14,16,22-24H,7H2,1-2H3,(H,25,26)/t10?,11-,12-,13+,14-,16-/m0/s1. The number of carbonyl (C=O) groups excluding carboxylic acids is 1. The third-order valence-electron chi connectivity index (χ3n) is 5.01. The zero-order valence-corrected chi connectivity index (χ0v) is 17.6. The molecule has 1 heterocycles. The van der Waals surface area contributed by atoms with Crippen LogP contribution in [0.1, 0.15) is 31.7 Å². The molecule has 0 spiro atoms. The summed E-state index contributed by atoms with van der Waals surface area (Å²) in [5.41, 5.74) is -0.620. The van der Waals surface area contributed by atoms with E-state index in [9.17, 15) is 24.9 Å². The van der Waals surface area contributed by atoms with Crippen LogP contribution in [-0.2, 0) is 19.1 Å². The molecule has 166 valence electrons. The van der Waals surface area contributed by atoms with Gasteiger partial charge in [-0.1, -0.05) is 12.1 Å². The molecule has 1 aromatic rings. The van der Waals surface area contributed by atoms with Crippen LogP contribution >= 0.6 is 23.2 Å². The summed E-state index contributed by atoms with van der Waals surface area (Å²) in [5.74, 6) is -2.19. The van der Waals surface area contributed by atoms with Crippen molar-refractivity contribution in [3.63, 3.8) is 0 Å². The minimum absolute atomic E-state index is 0.0294. The molecule has 1 saturated heterocycles. The van der Waals surface area contributed by atoms with Gasteiger partial charge in [0.05, 0.1) is 0 Å². The highest BCUT2D eigenvalue weighted by atomic mass is 35.5. The van der Waals surface area contributed by atoms with E-state index in [0.29, 0.717) is 12.2 Å². The average molecular weight is 465 g/mol. The summed E-state index contributed by atoms with van der Waals surface area (Å²) in [6.45, 7) is 2.81. The normalized spacial score (nSPS) is 32.9. The number of aliphatic carboxylic acids is 1. The molecule has 0 bridgehead atoms. The van der Waals surface area contributed by atoms with Gasteiger partial charge in [-0.2, -0.15) is 0 Å². The van der Waals surface area contributed by atoms with Crippen LogP contribution in [0.4, 0.5) is 0 Å². The highest BCUT2D eigenvalue weighted by Gasteiger charge is 2.52. The van der Waals surface area contributed by atoms with Crippen molar-refractivity contribution in [1.29, 1.82) is 0 Å². The van der Waals surface area contributed by atoms with E-state index in [1.54, 1.807) is 24.3 Å². The number of esters is 1. The highest BCUT2D eigenvalue weighted by Crippen LogP contribution is 2.59. The van der Waals surface area contributed by atoms with Gasteiger partial charge in [-0.25, -0.2) is 9.59 Å². The Kier molecular flexibility index (Phi) is 6.26. The number of ether oxygens (including phenoxy) is 3. The Morgan fingerprint density at radius 2 is 1.67 bits per heavy atom. The summed E-state index contributed by atoms with van der Waals surface area (Å²) in [6, 6.07) is 6.83. The molecule has 2 fully saturated rings. The second kappa shape index (κ2) is 8.14. The Morgan fingerprint density at radius 1 is 1.10 bits per heavy atom. The number of carboxylic acids is 1. The number of alkyl halides is 2. The molecule has 11 heteroatoms. The van der Waals surface area contributed by atoms with Crippen molar-refractivity contribution >= 4 is 35.1 Å². The van der Waals surface area contributed by atoms with Crippen molar-refractivity contribution in [1.82, 2.24) is 0 Å². The van der Waals surface area contributed by atoms with Gasteiger partial charge in [0.25, 0.3) is 0 Å². The number of hydrogen-bond donors (Lipinski definition) is 4. The quantitative estimate of drug-likeness (QED) is 0.357. The fourth-order valence-electron chi connectivity index (χ4n) is 3.08. The lowest BCUT2D eigenvalue weighted by Gasteiger charge is -2.39. The molecule has 0 radical (unpaired) electrons. The number of aliphatic hydroxyl groups excluding tert-OH is 3.